The molecule has 2 heterocycles. The average Bonchev–Trinajstić information content (AvgIpc) is 2.89. The first-order valence-electron chi connectivity index (χ1n) is 10.8. The number of benzene rings is 2. The standard InChI is InChI=1S/C25H21F6N2/c1-5-21(3)16-9-7-8-14-13(11-32)10-15-19-17(23(26,27)25(30,31)24(19,28)29)12-33(20(15)18(14)16)22(21,4)6-2/h7-10,12H,5-6H2,1-4H3/q+1. The highest BCUT2D eigenvalue weighted by molar-refractivity contribution is 6.10. The second-order valence-corrected chi connectivity index (χ2v) is 9.48. The third-order valence-corrected chi connectivity index (χ3v) is 8.44. The van der Waals surface area contributed by atoms with Crippen LogP contribution in [0.3, 0.4) is 0 Å². The van der Waals surface area contributed by atoms with Crippen LogP contribution in [-0.2, 0) is 22.8 Å². The zero-order valence-electron chi connectivity index (χ0n) is 18.5. The van der Waals surface area contributed by atoms with Gasteiger partial charge in [0.05, 0.1) is 33.4 Å². The quantitative estimate of drug-likeness (QED) is 0.234. The largest absolute Gasteiger partial charge is 0.380 e. The highest BCUT2D eigenvalue weighted by atomic mass is 19.3. The van der Waals surface area contributed by atoms with Gasteiger partial charge in [-0.2, -0.15) is 36.2 Å². The number of pyridine rings is 1. The molecule has 2 unspecified atom stereocenters. The molecule has 2 aromatic carbocycles. The van der Waals surface area contributed by atoms with E-state index >= 15 is 0 Å². The normalized spacial score (nSPS) is 28.3. The van der Waals surface area contributed by atoms with E-state index in [2.05, 4.69) is 0 Å². The Labute approximate surface area is 186 Å². The van der Waals surface area contributed by atoms with Crippen LogP contribution in [0.4, 0.5) is 26.3 Å². The number of nitriles is 1. The summed E-state index contributed by atoms with van der Waals surface area (Å²) in [6.45, 7) is 7.59. The lowest BCUT2D eigenvalue weighted by molar-refractivity contribution is -0.751. The summed E-state index contributed by atoms with van der Waals surface area (Å²) in [5.41, 5.74) is -3.36. The molecule has 2 nitrogen and oxygen atoms in total. The van der Waals surface area contributed by atoms with Crippen LogP contribution in [0.15, 0.2) is 30.5 Å². The van der Waals surface area contributed by atoms with Gasteiger partial charge in [-0.1, -0.05) is 32.0 Å². The number of hydrogen-bond acceptors (Lipinski definition) is 1. The van der Waals surface area contributed by atoms with Crippen molar-refractivity contribution >= 4 is 21.7 Å². The Hall–Kier alpha value is -2.82. The molecule has 0 N–H and O–H groups in total. The summed E-state index contributed by atoms with van der Waals surface area (Å²) in [4.78, 5) is 0. The molecular formula is C25H21F6N2+. The molecule has 0 radical (unpaired) electrons. The molecule has 1 aromatic heterocycles. The van der Waals surface area contributed by atoms with Crippen molar-refractivity contribution < 1.29 is 30.9 Å². The van der Waals surface area contributed by atoms with E-state index in [0.717, 1.165) is 17.8 Å². The predicted molar refractivity (Wildman–Crippen MR) is 111 cm³/mol. The number of alkyl halides is 6. The molecule has 0 fully saturated rings. The minimum Gasteiger partial charge on any atom is -0.194 e. The van der Waals surface area contributed by atoms with Gasteiger partial charge in [0.1, 0.15) is 5.56 Å². The molecule has 0 spiro atoms. The minimum absolute atomic E-state index is 0.0211. The Morgan fingerprint density at radius 2 is 1.58 bits per heavy atom. The molecule has 33 heavy (non-hydrogen) atoms. The summed E-state index contributed by atoms with van der Waals surface area (Å²) >= 11 is 0. The fourth-order valence-electron chi connectivity index (χ4n) is 6.03. The van der Waals surface area contributed by atoms with Crippen LogP contribution in [0.5, 0.6) is 0 Å². The van der Waals surface area contributed by atoms with Crippen molar-refractivity contribution in [2.24, 2.45) is 0 Å². The lowest BCUT2D eigenvalue weighted by Crippen LogP contribution is -2.66. The fourth-order valence-corrected chi connectivity index (χ4v) is 6.03. The lowest BCUT2D eigenvalue weighted by Gasteiger charge is -2.45. The van der Waals surface area contributed by atoms with Crippen LogP contribution in [0, 0.1) is 11.3 Å². The molecule has 5 rings (SSSR count). The molecule has 0 saturated heterocycles. The molecule has 0 saturated carbocycles. The van der Waals surface area contributed by atoms with Crippen molar-refractivity contribution in [3.05, 3.63) is 52.7 Å². The molecule has 8 heteroatoms. The summed E-state index contributed by atoms with van der Waals surface area (Å²) in [5.74, 6) is -15.8. The Morgan fingerprint density at radius 1 is 0.909 bits per heavy atom. The Balaban J connectivity index is 2.16. The van der Waals surface area contributed by atoms with Gasteiger partial charge < -0.3 is 0 Å². The van der Waals surface area contributed by atoms with Crippen LogP contribution in [-0.4, -0.2) is 5.92 Å². The van der Waals surface area contributed by atoms with Gasteiger partial charge in [-0.05, 0) is 25.0 Å². The number of aromatic nitrogens is 1. The molecule has 1 aliphatic carbocycles. The maximum Gasteiger partial charge on any atom is 0.380 e. The smallest absolute Gasteiger partial charge is 0.194 e. The monoisotopic (exact) mass is 463 g/mol. The topological polar surface area (TPSA) is 27.7 Å². The molecule has 2 atom stereocenters. The van der Waals surface area contributed by atoms with Gasteiger partial charge in [0, 0.05) is 18.7 Å². The number of hydrogen-bond donors (Lipinski definition) is 0. The second-order valence-electron chi connectivity index (χ2n) is 9.48. The maximum atomic E-state index is 15.0. The van der Waals surface area contributed by atoms with Crippen molar-refractivity contribution in [2.75, 3.05) is 0 Å². The van der Waals surface area contributed by atoms with Gasteiger partial charge >= 0.3 is 17.8 Å². The van der Waals surface area contributed by atoms with E-state index in [1.807, 2.05) is 39.8 Å². The maximum absolute atomic E-state index is 15.0. The lowest BCUT2D eigenvalue weighted by atomic mass is 9.61. The van der Waals surface area contributed by atoms with Gasteiger partial charge in [0.15, 0.2) is 11.7 Å². The van der Waals surface area contributed by atoms with Crippen LogP contribution >= 0.6 is 0 Å². The highest BCUT2D eigenvalue weighted by Crippen LogP contribution is 2.65. The van der Waals surface area contributed by atoms with E-state index in [1.165, 1.54) is 4.57 Å². The van der Waals surface area contributed by atoms with E-state index in [1.54, 1.807) is 12.1 Å². The van der Waals surface area contributed by atoms with E-state index in [-0.39, 0.29) is 11.1 Å². The van der Waals surface area contributed by atoms with Crippen molar-refractivity contribution in [2.45, 2.75) is 69.3 Å². The molecule has 172 valence electrons. The van der Waals surface area contributed by atoms with Crippen LogP contribution < -0.4 is 4.57 Å². The van der Waals surface area contributed by atoms with E-state index < -0.39 is 45.2 Å². The fraction of sp³-hybridized carbons (Fsp3) is 0.440. The first-order valence-corrected chi connectivity index (χ1v) is 10.8. The van der Waals surface area contributed by atoms with E-state index in [0.29, 0.717) is 23.6 Å². The average molecular weight is 463 g/mol. The van der Waals surface area contributed by atoms with Crippen molar-refractivity contribution in [3.63, 3.8) is 0 Å². The van der Waals surface area contributed by atoms with Crippen LogP contribution in [0.1, 0.15) is 62.8 Å². The Kier molecular flexibility index (Phi) is 3.99. The van der Waals surface area contributed by atoms with Gasteiger partial charge in [-0.25, -0.2) is 0 Å². The Morgan fingerprint density at radius 3 is 2.15 bits per heavy atom. The third kappa shape index (κ3) is 2.06. The van der Waals surface area contributed by atoms with Crippen molar-refractivity contribution in [1.82, 2.24) is 0 Å². The summed E-state index contributed by atoms with van der Waals surface area (Å²) in [7, 11) is 0. The SMILES string of the molecule is CCC1(C)c2cccc3c(C#N)cc4c5c(c[n+](c4c23)C1(C)CC)C(F)(F)C(F)(F)C5(F)F. The summed E-state index contributed by atoms with van der Waals surface area (Å²) < 4.78 is 90.2. The number of halogens is 6. The molecule has 3 aromatic rings. The van der Waals surface area contributed by atoms with Crippen molar-refractivity contribution in [1.29, 1.82) is 5.26 Å². The van der Waals surface area contributed by atoms with Gasteiger partial charge in [-0.3, -0.25) is 0 Å². The van der Waals surface area contributed by atoms with E-state index in [4.69, 9.17) is 0 Å². The zero-order chi connectivity index (χ0) is 24.4. The third-order valence-electron chi connectivity index (χ3n) is 8.44. The molecule has 0 amide bonds. The van der Waals surface area contributed by atoms with E-state index in [9.17, 15) is 31.6 Å². The summed E-state index contributed by atoms with van der Waals surface area (Å²) in [6.07, 6.45) is 1.82. The van der Waals surface area contributed by atoms with Gasteiger partial charge in [0.25, 0.3) is 0 Å². The minimum atomic E-state index is -5.60. The molecule has 1 aliphatic heterocycles. The zero-order valence-corrected chi connectivity index (χ0v) is 18.5. The van der Waals surface area contributed by atoms with Crippen LogP contribution in [0.25, 0.3) is 21.7 Å². The van der Waals surface area contributed by atoms with Gasteiger partial charge in [-0.15, -0.1) is 0 Å². The highest BCUT2D eigenvalue weighted by Gasteiger charge is 2.81. The second kappa shape index (κ2) is 5.99. The molecule has 2 aliphatic rings. The Bertz CT molecular complexity index is 1420. The number of nitrogens with zero attached hydrogens (tertiary/aromatic N) is 2. The first kappa shape index (κ1) is 22.0. The van der Waals surface area contributed by atoms with Crippen molar-refractivity contribution in [3.8, 4) is 6.07 Å². The first-order chi connectivity index (χ1) is 15.3. The number of rotatable bonds is 2. The van der Waals surface area contributed by atoms with Crippen LogP contribution in [0.2, 0.25) is 0 Å². The van der Waals surface area contributed by atoms with Gasteiger partial charge in [0.2, 0.25) is 5.52 Å². The summed E-state index contributed by atoms with van der Waals surface area (Å²) in [5, 5.41) is 10.3. The summed E-state index contributed by atoms with van der Waals surface area (Å²) in [6, 6.07) is 8.29. The molecular weight excluding hydrogens is 442 g/mol. The predicted octanol–water partition coefficient (Wildman–Crippen LogP) is 6.79. The number of fused-ring (bicyclic) bond motifs is 2. The molecule has 0 bridgehead atoms.